The molecule has 0 fully saturated rings. The predicted octanol–water partition coefficient (Wildman–Crippen LogP) is -0.0796. The Hall–Kier alpha value is -2.04. The van der Waals surface area contributed by atoms with Crippen molar-refractivity contribution >= 4 is 21.5 Å². The number of hydrogen-bond acceptors (Lipinski definition) is 6. The van der Waals surface area contributed by atoms with Gasteiger partial charge in [0.25, 0.3) is 10.1 Å². The van der Waals surface area contributed by atoms with Gasteiger partial charge in [-0.15, -0.1) is 5.11 Å². The topological polar surface area (TPSA) is 120 Å². The fourth-order valence-electron chi connectivity index (χ4n) is 2.15. The summed E-state index contributed by atoms with van der Waals surface area (Å²) in [6.07, 6.45) is 0. The Morgan fingerprint density at radius 3 is 2.23 bits per heavy atom. The van der Waals surface area contributed by atoms with Gasteiger partial charge in [0.05, 0.1) is 22.0 Å². The molecular formula is C16H13N4NaO4S. The summed E-state index contributed by atoms with van der Waals surface area (Å²) < 4.78 is 32.2. The molecule has 0 spiro atoms. The first-order valence-corrected chi connectivity index (χ1v) is 8.61. The van der Waals surface area contributed by atoms with Crippen molar-refractivity contribution in [3.8, 4) is 11.6 Å². The molecule has 1 N–H and O–H groups in total. The Balaban J connectivity index is 0.00000243. The molecule has 0 radical (unpaired) electrons. The predicted molar refractivity (Wildman–Crippen MR) is 88.2 cm³/mol. The zero-order chi connectivity index (χ0) is 18.0. The third kappa shape index (κ3) is 4.37. The molecule has 128 valence electrons. The molecule has 0 aliphatic rings. The molecular weight excluding hydrogens is 367 g/mol. The second kappa shape index (κ2) is 8.11. The summed E-state index contributed by atoms with van der Waals surface area (Å²) in [5.41, 5.74) is 1.44. The molecule has 0 bridgehead atoms. The minimum absolute atomic E-state index is 0. The molecule has 0 unspecified atom stereocenters. The molecule has 1 aromatic heterocycles. The van der Waals surface area contributed by atoms with E-state index < -0.39 is 16.0 Å². The van der Waals surface area contributed by atoms with Gasteiger partial charge in [-0.3, -0.25) is 4.55 Å². The van der Waals surface area contributed by atoms with E-state index in [0.29, 0.717) is 17.1 Å². The fraction of sp³-hybridized carbons (Fsp3) is 0.0625. The van der Waals surface area contributed by atoms with Crippen LogP contribution in [-0.2, 0) is 10.1 Å². The van der Waals surface area contributed by atoms with E-state index in [9.17, 15) is 13.5 Å². The smallest absolute Gasteiger partial charge is 0.857 e. The van der Waals surface area contributed by atoms with Gasteiger partial charge in [-0.05, 0) is 43.3 Å². The van der Waals surface area contributed by atoms with Gasteiger partial charge in [0.1, 0.15) is 5.69 Å². The van der Waals surface area contributed by atoms with E-state index in [2.05, 4.69) is 15.3 Å². The Morgan fingerprint density at radius 1 is 1.04 bits per heavy atom. The minimum atomic E-state index is -4.30. The summed E-state index contributed by atoms with van der Waals surface area (Å²) in [6.45, 7) is 1.63. The Morgan fingerprint density at radius 2 is 1.65 bits per heavy atom. The molecule has 0 aliphatic carbocycles. The maximum atomic E-state index is 12.5. The van der Waals surface area contributed by atoms with Crippen molar-refractivity contribution in [3.05, 3.63) is 60.3 Å². The van der Waals surface area contributed by atoms with Gasteiger partial charge in [-0.25, -0.2) is 4.68 Å². The maximum absolute atomic E-state index is 12.5. The molecule has 0 saturated heterocycles. The van der Waals surface area contributed by atoms with Crippen molar-refractivity contribution in [2.75, 3.05) is 0 Å². The molecule has 1 heterocycles. The van der Waals surface area contributed by atoms with E-state index in [1.54, 1.807) is 31.2 Å². The van der Waals surface area contributed by atoms with Crippen LogP contribution in [0, 0.1) is 6.92 Å². The first-order valence-electron chi connectivity index (χ1n) is 7.17. The summed E-state index contributed by atoms with van der Waals surface area (Å²) in [5.74, 6) is -0.475. The van der Waals surface area contributed by atoms with Crippen molar-refractivity contribution in [2.45, 2.75) is 11.8 Å². The number of nitrogens with zero attached hydrogens (tertiary/aromatic N) is 4. The normalized spacial score (nSPS) is 11.5. The van der Waals surface area contributed by atoms with Crippen LogP contribution in [0.5, 0.6) is 5.88 Å². The molecule has 8 nitrogen and oxygen atoms in total. The Kier molecular flexibility index (Phi) is 6.32. The summed E-state index contributed by atoms with van der Waals surface area (Å²) in [4.78, 5) is -0.267. The largest absolute Gasteiger partial charge is 1.00 e. The molecule has 10 heteroatoms. The molecule has 0 atom stereocenters. The average Bonchev–Trinajstić information content (AvgIpc) is 2.87. The van der Waals surface area contributed by atoms with E-state index in [1.807, 2.05) is 6.07 Å². The Bertz CT molecular complexity index is 1030. The van der Waals surface area contributed by atoms with Crippen LogP contribution in [0.1, 0.15) is 5.69 Å². The van der Waals surface area contributed by atoms with Crippen LogP contribution >= 0.6 is 0 Å². The van der Waals surface area contributed by atoms with Crippen molar-refractivity contribution in [3.63, 3.8) is 0 Å². The van der Waals surface area contributed by atoms with E-state index >= 15 is 0 Å². The van der Waals surface area contributed by atoms with E-state index in [1.165, 1.54) is 24.3 Å². The molecule has 3 aromatic rings. The van der Waals surface area contributed by atoms with Crippen molar-refractivity contribution < 1.29 is 47.6 Å². The number of aryl methyl sites for hydroxylation is 1. The molecule has 0 saturated carbocycles. The minimum Gasteiger partial charge on any atom is -0.857 e. The third-order valence-corrected chi connectivity index (χ3v) is 4.26. The maximum Gasteiger partial charge on any atom is 1.00 e. The van der Waals surface area contributed by atoms with Crippen LogP contribution in [-0.4, -0.2) is 22.8 Å². The number of azo groups is 1. The fourth-order valence-corrected chi connectivity index (χ4v) is 2.63. The molecule has 0 aliphatic heterocycles. The van der Waals surface area contributed by atoms with Gasteiger partial charge < -0.3 is 5.11 Å². The summed E-state index contributed by atoms with van der Waals surface area (Å²) in [6, 6.07) is 14.1. The van der Waals surface area contributed by atoms with Crippen LogP contribution in [0.4, 0.5) is 11.4 Å². The summed E-state index contributed by atoms with van der Waals surface area (Å²) in [5, 5.41) is 24.6. The number of benzene rings is 2. The zero-order valence-corrected chi connectivity index (χ0v) is 16.9. The summed E-state index contributed by atoms with van der Waals surface area (Å²) in [7, 11) is -4.30. The van der Waals surface area contributed by atoms with Crippen LogP contribution < -0.4 is 34.7 Å². The van der Waals surface area contributed by atoms with Crippen LogP contribution in [0.15, 0.2) is 69.7 Å². The van der Waals surface area contributed by atoms with E-state index in [-0.39, 0.29) is 40.1 Å². The number of aromatic nitrogens is 2. The van der Waals surface area contributed by atoms with Crippen LogP contribution in [0.2, 0.25) is 0 Å². The monoisotopic (exact) mass is 380 g/mol. The van der Waals surface area contributed by atoms with Crippen molar-refractivity contribution in [2.24, 2.45) is 10.2 Å². The van der Waals surface area contributed by atoms with E-state index in [0.717, 1.165) is 4.68 Å². The van der Waals surface area contributed by atoms with Gasteiger partial charge in [0.15, 0.2) is 0 Å². The standard InChI is InChI=1S/C16H14N4O4S.Na/c1-11-15(18-17-12-5-3-2-4-6-12)16(21)20(19-11)13-7-9-14(10-8-13)25(22,23)24;/h2-10,21H,1H3,(H,22,23,24);/q;+1/p-1. The van der Waals surface area contributed by atoms with Crippen LogP contribution in [0.25, 0.3) is 5.69 Å². The zero-order valence-electron chi connectivity index (χ0n) is 14.1. The van der Waals surface area contributed by atoms with Crippen molar-refractivity contribution in [1.82, 2.24) is 9.78 Å². The summed E-state index contributed by atoms with van der Waals surface area (Å²) >= 11 is 0. The molecule has 26 heavy (non-hydrogen) atoms. The molecule has 0 amide bonds. The first-order chi connectivity index (χ1) is 11.9. The van der Waals surface area contributed by atoms with Crippen molar-refractivity contribution in [1.29, 1.82) is 0 Å². The quantitative estimate of drug-likeness (QED) is 0.386. The second-order valence-corrected chi connectivity index (χ2v) is 6.58. The third-order valence-electron chi connectivity index (χ3n) is 3.39. The average molecular weight is 380 g/mol. The second-order valence-electron chi connectivity index (χ2n) is 5.16. The van der Waals surface area contributed by atoms with Gasteiger partial charge in [0, 0.05) is 5.88 Å². The van der Waals surface area contributed by atoms with Gasteiger partial charge in [-0.2, -0.15) is 18.6 Å². The Labute approximate surface area is 172 Å². The van der Waals surface area contributed by atoms with Gasteiger partial charge >= 0.3 is 29.6 Å². The molecule has 2 aromatic carbocycles. The number of hydrogen-bond donors (Lipinski definition) is 1. The van der Waals surface area contributed by atoms with Gasteiger partial charge in [0.2, 0.25) is 0 Å². The number of rotatable bonds is 4. The first kappa shape index (κ1) is 20.3. The molecule has 3 rings (SSSR count). The van der Waals surface area contributed by atoms with Crippen LogP contribution in [0.3, 0.4) is 0 Å². The SMILES string of the molecule is Cc1nn(-c2ccc(S(=O)(=O)O)cc2)c([O-])c1N=Nc1ccccc1.[Na+]. The van der Waals surface area contributed by atoms with E-state index in [4.69, 9.17) is 4.55 Å². The van der Waals surface area contributed by atoms with Gasteiger partial charge in [-0.1, -0.05) is 18.2 Å².